The van der Waals surface area contributed by atoms with E-state index < -0.39 is 23.9 Å². The van der Waals surface area contributed by atoms with Crippen LogP contribution < -0.4 is 0 Å². The Bertz CT molecular complexity index is 1040. The van der Waals surface area contributed by atoms with Gasteiger partial charge < -0.3 is 0 Å². The molecule has 0 saturated heterocycles. The minimum Gasteiger partial charge on any atom is -0.242 e. The molecule has 28 heavy (non-hydrogen) atoms. The third-order valence-electron chi connectivity index (χ3n) is 4.09. The molecule has 0 fully saturated rings. The Morgan fingerprint density at radius 2 is 0.857 bits per heavy atom. The zero-order chi connectivity index (χ0) is 19.7. The first-order valence-electron chi connectivity index (χ1n) is 8.03. The molecular formula is C20H10O8. The monoisotopic (exact) mass is 378 g/mol. The molecular weight excluding hydrogens is 368 g/mol. The van der Waals surface area contributed by atoms with Crippen LogP contribution in [0.4, 0.5) is 0 Å². The third kappa shape index (κ3) is 3.03. The van der Waals surface area contributed by atoms with Crippen LogP contribution in [0, 0.1) is 0 Å². The minimum absolute atomic E-state index is 0.0335. The summed E-state index contributed by atoms with van der Waals surface area (Å²) in [5, 5.41) is 0.722. The van der Waals surface area contributed by atoms with Crippen LogP contribution in [-0.2, 0) is 19.6 Å². The molecule has 0 N–H and O–H groups in total. The van der Waals surface area contributed by atoms with E-state index in [1.807, 2.05) is 0 Å². The normalized spacial score (nSPS) is 14.4. The summed E-state index contributed by atoms with van der Waals surface area (Å²) in [4.78, 5) is 67.4. The van der Waals surface area contributed by atoms with Crippen LogP contribution in [0.3, 0.4) is 0 Å². The number of hydrogen-bond acceptors (Lipinski definition) is 8. The summed E-state index contributed by atoms with van der Waals surface area (Å²) in [6.07, 6.45) is 0. The summed E-state index contributed by atoms with van der Waals surface area (Å²) in [7, 11) is 0. The van der Waals surface area contributed by atoms with Crippen LogP contribution in [0.15, 0.2) is 60.7 Å². The summed E-state index contributed by atoms with van der Waals surface area (Å²) in [5.41, 5.74) is 0.00673. The van der Waals surface area contributed by atoms with E-state index in [0.717, 1.165) is 0 Å². The maximum Gasteiger partial charge on any atom is 0.386 e. The van der Waals surface area contributed by atoms with Gasteiger partial charge in [0.05, 0.1) is 22.3 Å². The van der Waals surface area contributed by atoms with Crippen LogP contribution in [-0.4, -0.2) is 23.9 Å². The molecule has 2 bridgehead atoms. The number of fused-ring (bicyclic) bond motifs is 8. The molecule has 3 aromatic carbocycles. The summed E-state index contributed by atoms with van der Waals surface area (Å²) < 4.78 is 0. The van der Waals surface area contributed by atoms with Crippen molar-refractivity contribution in [2.24, 2.45) is 0 Å². The van der Waals surface area contributed by atoms with E-state index in [4.69, 9.17) is 0 Å². The van der Waals surface area contributed by atoms with Gasteiger partial charge in [-0.15, -0.1) is 0 Å². The molecule has 0 aromatic heterocycles. The second-order valence-electron chi connectivity index (χ2n) is 5.77. The minimum atomic E-state index is -0.984. The van der Waals surface area contributed by atoms with Crippen molar-refractivity contribution in [3.63, 3.8) is 0 Å². The first-order valence-corrected chi connectivity index (χ1v) is 8.03. The zero-order valence-corrected chi connectivity index (χ0v) is 14.0. The molecule has 0 radical (unpaired) electrons. The van der Waals surface area contributed by atoms with Gasteiger partial charge in [0.2, 0.25) is 0 Å². The average Bonchev–Trinajstić information content (AvgIpc) is 2.74. The van der Waals surface area contributed by atoms with Gasteiger partial charge in [-0.25, -0.2) is 38.7 Å². The van der Waals surface area contributed by atoms with E-state index in [-0.39, 0.29) is 27.6 Å². The van der Waals surface area contributed by atoms with Crippen LogP contribution in [0.1, 0.15) is 41.4 Å². The van der Waals surface area contributed by atoms with Crippen molar-refractivity contribution in [3.05, 3.63) is 82.9 Å². The standard InChI is InChI=1S/C20H10O8/c21-17-12-7-9-13(10-8-12)18(22)26-28-20(24)15-6-2-4-11-3-1-5-14(16(11)15)19(23)27-25-17/h1-10H. The van der Waals surface area contributed by atoms with Gasteiger partial charge in [0.25, 0.3) is 0 Å². The highest BCUT2D eigenvalue weighted by molar-refractivity contribution is 6.13. The zero-order valence-electron chi connectivity index (χ0n) is 14.0. The topological polar surface area (TPSA) is 105 Å². The lowest BCUT2D eigenvalue weighted by molar-refractivity contribution is -0.187. The van der Waals surface area contributed by atoms with Crippen molar-refractivity contribution in [2.75, 3.05) is 0 Å². The van der Waals surface area contributed by atoms with E-state index in [1.165, 1.54) is 36.4 Å². The van der Waals surface area contributed by atoms with E-state index in [1.54, 1.807) is 24.3 Å². The van der Waals surface area contributed by atoms with E-state index in [2.05, 4.69) is 19.6 Å². The fourth-order valence-electron chi connectivity index (χ4n) is 2.76. The van der Waals surface area contributed by atoms with Gasteiger partial charge in [-0.05, 0) is 41.8 Å². The number of rotatable bonds is 0. The van der Waals surface area contributed by atoms with Gasteiger partial charge in [-0.3, -0.25) is 0 Å². The van der Waals surface area contributed by atoms with Gasteiger partial charge in [0.15, 0.2) is 0 Å². The highest BCUT2D eigenvalue weighted by Crippen LogP contribution is 2.25. The molecule has 0 saturated carbocycles. The highest BCUT2D eigenvalue weighted by Gasteiger charge is 2.23. The van der Waals surface area contributed by atoms with E-state index >= 15 is 0 Å². The lowest BCUT2D eigenvalue weighted by Crippen LogP contribution is -2.14. The quantitative estimate of drug-likeness (QED) is 0.550. The number of benzene rings is 3. The Kier molecular flexibility index (Phi) is 4.21. The molecule has 5 rings (SSSR count). The Hall–Kier alpha value is -4.20. The second kappa shape index (κ2) is 6.84. The summed E-state index contributed by atoms with van der Waals surface area (Å²) in [6.45, 7) is 0. The Balaban J connectivity index is 1.83. The van der Waals surface area contributed by atoms with Crippen molar-refractivity contribution in [3.8, 4) is 0 Å². The van der Waals surface area contributed by atoms with E-state index in [0.29, 0.717) is 5.39 Å². The first-order chi connectivity index (χ1) is 13.5. The maximum absolute atomic E-state index is 12.5. The molecule has 2 aliphatic heterocycles. The first kappa shape index (κ1) is 17.2. The fourth-order valence-corrected chi connectivity index (χ4v) is 2.76. The van der Waals surface area contributed by atoms with Crippen molar-refractivity contribution in [1.29, 1.82) is 0 Å². The Morgan fingerprint density at radius 3 is 1.29 bits per heavy atom. The van der Waals surface area contributed by atoms with Gasteiger partial charge in [0.1, 0.15) is 0 Å². The molecule has 3 aromatic rings. The second-order valence-corrected chi connectivity index (χ2v) is 5.77. The lowest BCUT2D eigenvalue weighted by atomic mass is 9.99. The molecule has 8 nitrogen and oxygen atoms in total. The van der Waals surface area contributed by atoms with Crippen molar-refractivity contribution < 1.29 is 38.7 Å². The SMILES string of the molecule is O=C1OOC(=O)c2cccc3cccc(c23)C(=O)OOC(=O)c2ccc1cc2. The smallest absolute Gasteiger partial charge is 0.242 e. The highest BCUT2D eigenvalue weighted by atomic mass is 17.2. The fraction of sp³-hybridized carbons (Fsp3) is 0. The summed E-state index contributed by atoms with van der Waals surface area (Å²) in [5.74, 6) is -3.84. The molecule has 2 aliphatic rings. The predicted octanol–water partition coefficient (Wildman–Crippen LogP) is 3.01. The van der Waals surface area contributed by atoms with Crippen molar-refractivity contribution in [1.82, 2.24) is 0 Å². The molecule has 138 valence electrons. The van der Waals surface area contributed by atoms with E-state index in [9.17, 15) is 19.2 Å². The van der Waals surface area contributed by atoms with Crippen LogP contribution in [0.25, 0.3) is 10.8 Å². The van der Waals surface area contributed by atoms with Gasteiger partial charge in [0, 0.05) is 5.39 Å². The average molecular weight is 378 g/mol. The number of hydrogen-bond donors (Lipinski definition) is 0. The molecule has 0 unspecified atom stereocenters. The molecule has 8 heteroatoms. The largest absolute Gasteiger partial charge is 0.386 e. The summed E-state index contributed by atoms with van der Waals surface area (Å²) in [6, 6.07) is 14.3. The van der Waals surface area contributed by atoms with Crippen LogP contribution >= 0.6 is 0 Å². The number of carbonyl (C=O) groups is 4. The molecule has 0 amide bonds. The van der Waals surface area contributed by atoms with Gasteiger partial charge in [-0.2, -0.15) is 0 Å². The van der Waals surface area contributed by atoms with Gasteiger partial charge >= 0.3 is 23.9 Å². The van der Waals surface area contributed by atoms with Crippen LogP contribution in [0.5, 0.6) is 0 Å². The molecule has 0 atom stereocenters. The number of carbonyl (C=O) groups excluding carboxylic acids is 4. The molecule has 2 heterocycles. The van der Waals surface area contributed by atoms with Crippen LogP contribution in [0.2, 0.25) is 0 Å². The predicted molar refractivity (Wildman–Crippen MR) is 92.1 cm³/mol. The lowest BCUT2D eigenvalue weighted by Gasteiger charge is -2.09. The molecule has 0 aliphatic carbocycles. The maximum atomic E-state index is 12.5. The van der Waals surface area contributed by atoms with Crippen molar-refractivity contribution in [2.45, 2.75) is 0 Å². The van der Waals surface area contributed by atoms with Crippen molar-refractivity contribution >= 4 is 34.6 Å². The van der Waals surface area contributed by atoms with Gasteiger partial charge in [-0.1, -0.05) is 24.3 Å². The summed E-state index contributed by atoms with van der Waals surface area (Å²) >= 11 is 0. The Labute approximate surface area is 157 Å². The Morgan fingerprint density at radius 1 is 0.464 bits per heavy atom. The third-order valence-corrected chi connectivity index (χ3v) is 4.09. The molecule has 0 spiro atoms.